The number of carbonyl (C=O) groups is 1. The zero-order chi connectivity index (χ0) is 11.7. The number of ketones is 1. The second-order valence-electron chi connectivity index (χ2n) is 3.03. The van der Waals surface area contributed by atoms with Crippen LogP contribution in [0.15, 0.2) is 34.1 Å². The van der Waals surface area contributed by atoms with Crippen LogP contribution in [0.3, 0.4) is 0 Å². The molecule has 1 heterocycles. The lowest BCUT2D eigenvalue weighted by molar-refractivity contribution is 0.103. The smallest absolute Gasteiger partial charge is 0.206 e. The van der Waals surface area contributed by atoms with E-state index in [0.717, 1.165) is 9.85 Å². The lowest BCUT2D eigenvalue weighted by Gasteiger charge is -2.00. The predicted molar refractivity (Wildman–Crippen MR) is 61.8 cm³/mol. The van der Waals surface area contributed by atoms with Crippen molar-refractivity contribution in [3.63, 3.8) is 0 Å². The molecule has 2 aromatic rings. The summed E-state index contributed by atoms with van der Waals surface area (Å²) in [5.41, 5.74) is -0.241. The molecule has 0 fully saturated rings. The molecule has 0 atom stereocenters. The molecule has 0 aliphatic rings. The van der Waals surface area contributed by atoms with Gasteiger partial charge in [0.1, 0.15) is 0 Å². The van der Waals surface area contributed by atoms with Crippen molar-refractivity contribution in [3.8, 4) is 0 Å². The summed E-state index contributed by atoms with van der Waals surface area (Å²) < 4.78 is 27.0. The molecule has 0 saturated carbocycles. The first-order valence-corrected chi connectivity index (χ1v) is 5.94. The van der Waals surface area contributed by atoms with Crippen molar-refractivity contribution in [3.05, 3.63) is 56.2 Å². The minimum Gasteiger partial charge on any atom is -0.288 e. The third kappa shape index (κ3) is 2.05. The fraction of sp³-hybridized carbons (Fsp3) is 0. The van der Waals surface area contributed by atoms with E-state index in [1.807, 2.05) is 0 Å². The van der Waals surface area contributed by atoms with E-state index in [4.69, 9.17) is 0 Å². The van der Waals surface area contributed by atoms with Crippen LogP contribution < -0.4 is 0 Å². The molecule has 0 spiro atoms. The minimum absolute atomic E-state index is 0.241. The average Bonchev–Trinajstić information content (AvgIpc) is 2.68. The Balaban J connectivity index is 2.45. The zero-order valence-corrected chi connectivity index (χ0v) is 10.2. The van der Waals surface area contributed by atoms with Gasteiger partial charge >= 0.3 is 0 Å². The molecule has 1 nitrogen and oxygen atoms in total. The fourth-order valence-corrected chi connectivity index (χ4v) is 2.59. The normalized spacial score (nSPS) is 10.4. The van der Waals surface area contributed by atoms with Gasteiger partial charge in [-0.15, -0.1) is 11.3 Å². The van der Waals surface area contributed by atoms with E-state index >= 15 is 0 Å². The van der Waals surface area contributed by atoms with E-state index in [9.17, 15) is 13.6 Å². The summed E-state index contributed by atoms with van der Waals surface area (Å²) in [6.45, 7) is 0. The maximum absolute atomic E-state index is 13.3. The summed E-state index contributed by atoms with van der Waals surface area (Å²) >= 11 is 4.39. The first kappa shape index (κ1) is 11.4. The van der Waals surface area contributed by atoms with Crippen LogP contribution >= 0.6 is 27.3 Å². The van der Waals surface area contributed by atoms with Gasteiger partial charge in [0.15, 0.2) is 11.6 Å². The molecule has 16 heavy (non-hydrogen) atoms. The molecular formula is C11H5BrF2OS. The summed E-state index contributed by atoms with van der Waals surface area (Å²) in [5.74, 6) is -2.62. The predicted octanol–water partition coefficient (Wildman–Crippen LogP) is 4.02. The van der Waals surface area contributed by atoms with E-state index in [1.54, 1.807) is 12.1 Å². The number of hydrogen-bond donors (Lipinski definition) is 0. The molecule has 0 bridgehead atoms. The molecule has 1 aromatic heterocycles. The largest absolute Gasteiger partial charge is 0.288 e. The van der Waals surface area contributed by atoms with Crippen LogP contribution in [-0.4, -0.2) is 5.78 Å². The summed E-state index contributed by atoms with van der Waals surface area (Å²) in [7, 11) is 0. The summed E-state index contributed by atoms with van der Waals surface area (Å²) in [4.78, 5) is 12.2. The van der Waals surface area contributed by atoms with Crippen LogP contribution in [-0.2, 0) is 0 Å². The number of rotatable bonds is 2. The van der Waals surface area contributed by atoms with Gasteiger partial charge in [0, 0.05) is 0 Å². The van der Waals surface area contributed by atoms with Crippen LogP contribution in [0, 0.1) is 11.6 Å². The van der Waals surface area contributed by atoms with E-state index in [2.05, 4.69) is 15.9 Å². The average molecular weight is 303 g/mol. The van der Waals surface area contributed by atoms with Crippen LogP contribution in [0.2, 0.25) is 0 Å². The van der Waals surface area contributed by atoms with Crippen molar-refractivity contribution in [1.82, 2.24) is 0 Å². The van der Waals surface area contributed by atoms with Gasteiger partial charge in [-0.05, 0) is 40.2 Å². The number of benzene rings is 1. The highest BCUT2D eigenvalue weighted by molar-refractivity contribution is 9.11. The molecule has 0 aliphatic carbocycles. The van der Waals surface area contributed by atoms with Crippen LogP contribution in [0.5, 0.6) is 0 Å². The van der Waals surface area contributed by atoms with E-state index in [1.165, 1.54) is 23.5 Å². The molecule has 0 unspecified atom stereocenters. The lowest BCUT2D eigenvalue weighted by Crippen LogP contribution is -2.03. The highest BCUT2D eigenvalue weighted by Gasteiger charge is 2.17. The van der Waals surface area contributed by atoms with Crippen molar-refractivity contribution in [2.24, 2.45) is 0 Å². The monoisotopic (exact) mass is 302 g/mol. The van der Waals surface area contributed by atoms with E-state index in [-0.39, 0.29) is 5.56 Å². The van der Waals surface area contributed by atoms with Gasteiger partial charge in [-0.2, -0.15) is 0 Å². The summed E-state index contributed by atoms with van der Waals surface area (Å²) in [6.07, 6.45) is 0. The van der Waals surface area contributed by atoms with Gasteiger partial charge < -0.3 is 0 Å². The molecule has 82 valence electrons. The summed E-state index contributed by atoms with van der Waals surface area (Å²) in [6, 6.07) is 6.83. The van der Waals surface area contributed by atoms with Gasteiger partial charge in [0.05, 0.1) is 14.2 Å². The first-order valence-electron chi connectivity index (χ1n) is 4.33. The Morgan fingerprint density at radius 1 is 1.19 bits per heavy atom. The number of thiophene rings is 1. The first-order chi connectivity index (χ1) is 7.59. The lowest BCUT2D eigenvalue weighted by atomic mass is 10.1. The Bertz CT molecular complexity index is 551. The quantitative estimate of drug-likeness (QED) is 0.766. The Hall–Kier alpha value is -1.07. The Kier molecular flexibility index (Phi) is 3.16. The van der Waals surface area contributed by atoms with Crippen LogP contribution in [0.25, 0.3) is 0 Å². The van der Waals surface area contributed by atoms with Crippen molar-refractivity contribution in [1.29, 1.82) is 0 Å². The Morgan fingerprint density at radius 3 is 2.56 bits per heavy atom. The number of carbonyl (C=O) groups excluding carboxylic acids is 1. The third-order valence-corrected chi connectivity index (χ3v) is 3.62. The third-order valence-electron chi connectivity index (χ3n) is 1.99. The molecular weight excluding hydrogens is 298 g/mol. The second kappa shape index (κ2) is 4.43. The molecule has 0 amide bonds. The van der Waals surface area contributed by atoms with E-state index < -0.39 is 17.4 Å². The Labute approximate surface area is 103 Å². The fourth-order valence-electron chi connectivity index (χ4n) is 1.25. The van der Waals surface area contributed by atoms with Crippen molar-refractivity contribution >= 4 is 33.0 Å². The van der Waals surface area contributed by atoms with Crippen molar-refractivity contribution in [2.45, 2.75) is 0 Å². The van der Waals surface area contributed by atoms with Gasteiger partial charge in [-0.1, -0.05) is 6.07 Å². The summed E-state index contributed by atoms with van der Waals surface area (Å²) in [5, 5.41) is 0. The van der Waals surface area contributed by atoms with E-state index in [0.29, 0.717) is 4.88 Å². The van der Waals surface area contributed by atoms with Crippen LogP contribution in [0.4, 0.5) is 8.78 Å². The molecule has 2 rings (SSSR count). The standard InChI is InChI=1S/C11H5BrF2OS/c12-9-5-4-8(16-9)11(15)6-2-1-3-7(13)10(6)14/h1-5H. The Morgan fingerprint density at radius 2 is 1.94 bits per heavy atom. The van der Waals surface area contributed by atoms with Gasteiger partial charge in [-0.25, -0.2) is 8.78 Å². The molecule has 0 N–H and O–H groups in total. The molecule has 0 saturated heterocycles. The molecule has 1 aromatic carbocycles. The van der Waals surface area contributed by atoms with Gasteiger partial charge in [0.2, 0.25) is 5.78 Å². The SMILES string of the molecule is O=C(c1ccc(Br)s1)c1cccc(F)c1F. The number of halogens is 3. The second-order valence-corrected chi connectivity index (χ2v) is 5.50. The molecule has 0 aliphatic heterocycles. The van der Waals surface area contributed by atoms with Crippen LogP contribution in [0.1, 0.15) is 15.2 Å². The maximum Gasteiger partial charge on any atom is 0.206 e. The minimum atomic E-state index is -1.10. The maximum atomic E-state index is 13.3. The highest BCUT2D eigenvalue weighted by Crippen LogP contribution is 2.25. The zero-order valence-electron chi connectivity index (χ0n) is 7.84. The topological polar surface area (TPSA) is 17.1 Å². The van der Waals surface area contributed by atoms with Gasteiger partial charge in [0.25, 0.3) is 0 Å². The molecule has 0 radical (unpaired) electrons. The number of hydrogen-bond acceptors (Lipinski definition) is 2. The highest BCUT2D eigenvalue weighted by atomic mass is 79.9. The van der Waals surface area contributed by atoms with Crippen molar-refractivity contribution in [2.75, 3.05) is 0 Å². The van der Waals surface area contributed by atoms with Crippen molar-refractivity contribution < 1.29 is 13.6 Å². The van der Waals surface area contributed by atoms with Gasteiger partial charge in [-0.3, -0.25) is 4.79 Å². The molecule has 5 heteroatoms.